The number of imidazole rings is 2. The van der Waals surface area contributed by atoms with Gasteiger partial charge in [-0.05, 0) is 54.8 Å². The van der Waals surface area contributed by atoms with Crippen molar-refractivity contribution in [1.29, 1.82) is 0 Å². The standard InChI is InChI=1S/C46H56N14O17P2S/c1-22(2)30(55-27(61)7-5-4-6-14-58-28(62)12-13-29(58)63)41(66)53-23(3)40(65)54-25-10-8-24(9-11-25)16-80-79(70)72-15-26-33(64)34(43(74-26)60-21-52-32-39(60)56-45(48)57-42(32)67)76-78(68,69)73-18-46-17-71-35(36(46)77-79)44(75-46)59-20-51-31-37(47)49-19-50-38(31)59/h8-13,19-23,26,30,33-36,43-44,64H,4-7,14-18H2,1-3H3,(H,53,66)(H,54,65)(H,55,61)(H,68,69)(H2,47,49,50)(H3,48,56,57,67)/t23-,26+,30-,33+,34+,35+,36-,43+,44+,46+,79?/m0/s1. The number of nitrogen functional groups attached to an aromatic ring is 2. The van der Waals surface area contributed by atoms with Gasteiger partial charge >= 0.3 is 14.6 Å². The first kappa shape index (κ1) is 56.7. The summed E-state index contributed by atoms with van der Waals surface area (Å²) >= 11 is 0.734. The second-order valence-electron chi connectivity index (χ2n) is 19.8. The largest absolute Gasteiger partial charge is 0.472 e. The summed E-state index contributed by atoms with van der Waals surface area (Å²) in [6.07, 6.45) is -2.26. The van der Waals surface area contributed by atoms with Gasteiger partial charge in [-0.1, -0.05) is 32.4 Å². The highest BCUT2D eigenvalue weighted by Crippen LogP contribution is 2.66. The topological polar surface area (TPSA) is 423 Å². The van der Waals surface area contributed by atoms with Crippen molar-refractivity contribution < 1.29 is 75.4 Å². The van der Waals surface area contributed by atoms with Crippen LogP contribution in [0.2, 0.25) is 0 Å². The van der Waals surface area contributed by atoms with Gasteiger partial charge in [-0.2, -0.15) is 4.98 Å². The number of carbonyl (C=O) groups excluding carboxylic acids is 5. The van der Waals surface area contributed by atoms with Gasteiger partial charge in [0.1, 0.15) is 60.0 Å². The van der Waals surface area contributed by atoms with Gasteiger partial charge in [0, 0.05) is 36.6 Å². The molecule has 2 unspecified atom stereocenters. The van der Waals surface area contributed by atoms with Crippen LogP contribution in [0.3, 0.4) is 0 Å². The van der Waals surface area contributed by atoms with E-state index in [0.29, 0.717) is 30.5 Å². The molecule has 10 rings (SSSR count). The number of nitrogens with zero attached hydrogens (tertiary/aromatic N) is 8. The summed E-state index contributed by atoms with van der Waals surface area (Å²) in [6, 6.07) is 4.43. The fourth-order valence-corrected chi connectivity index (χ4v) is 14.0. The Morgan fingerprint density at radius 2 is 1.60 bits per heavy atom. The van der Waals surface area contributed by atoms with Crippen LogP contribution in [0.5, 0.6) is 0 Å². The van der Waals surface area contributed by atoms with Crippen LogP contribution >= 0.6 is 26.0 Å². The molecule has 34 heteroatoms. The van der Waals surface area contributed by atoms with Crippen LogP contribution in [0.25, 0.3) is 22.3 Å². The summed E-state index contributed by atoms with van der Waals surface area (Å²) in [4.78, 5) is 111. The Kier molecular flexibility index (Phi) is 16.1. The fourth-order valence-electron chi connectivity index (χ4n) is 9.65. The molecule has 1 aromatic carbocycles. The van der Waals surface area contributed by atoms with Crippen molar-refractivity contribution in [2.75, 3.05) is 43.1 Å². The number of unbranched alkanes of at least 4 members (excludes halogenated alkanes) is 2. The number of phosphoric acid groups is 1. The van der Waals surface area contributed by atoms with Crippen LogP contribution in [0.4, 0.5) is 17.5 Å². The zero-order valence-electron chi connectivity index (χ0n) is 42.9. The van der Waals surface area contributed by atoms with Gasteiger partial charge in [-0.25, -0.2) is 29.1 Å². The predicted octanol–water partition coefficient (Wildman–Crippen LogP) is 1.08. The van der Waals surface area contributed by atoms with Gasteiger partial charge in [-0.15, -0.1) is 0 Å². The van der Waals surface area contributed by atoms with E-state index in [1.807, 2.05) is 0 Å². The Labute approximate surface area is 457 Å². The molecule has 0 aliphatic carbocycles. The lowest BCUT2D eigenvalue weighted by Crippen LogP contribution is -2.53. The van der Waals surface area contributed by atoms with Crippen LogP contribution in [0, 0.1) is 5.92 Å². The molecule has 5 amide bonds. The average molecular weight is 1170 g/mol. The zero-order valence-corrected chi connectivity index (χ0v) is 45.5. The first-order chi connectivity index (χ1) is 38.1. The molecule has 9 heterocycles. The predicted molar refractivity (Wildman–Crippen MR) is 279 cm³/mol. The summed E-state index contributed by atoms with van der Waals surface area (Å²) in [5.41, 5.74) is 10.5. The molecule has 5 aliphatic heterocycles. The third kappa shape index (κ3) is 11.7. The number of nitrogens with two attached hydrogens (primary N) is 2. The molecule has 10 N–H and O–H groups in total. The number of aromatic nitrogens is 8. The molecule has 12 atom stereocenters. The number of aliphatic hydroxyl groups excluding tert-OH is 1. The van der Waals surface area contributed by atoms with E-state index < -0.39 is 106 Å². The Hall–Kier alpha value is -6.54. The number of hydrogen-bond acceptors (Lipinski definition) is 24. The molecule has 4 aromatic heterocycles. The minimum absolute atomic E-state index is 0.0516. The first-order valence-corrected chi connectivity index (χ1v) is 29.8. The Bertz CT molecular complexity index is 3400. The normalized spacial score (nSPS) is 29.3. The van der Waals surface area contributed by atoms with E-state index in [2.05, 4.69) is 45.9 Å². The molecule has 31 nitrogen and oxygen atoms in total. The van der Waals surface area contributed by atoms with Crippen molar-refractivity contribution in [3.63, 3.8) is 0 Å². The molecule has 5 aliphatic rings. The van der Waals surface area contributed by atoms with Crippen molar-refractivity contribution in [3.05, 3.63) is 71.3 Å². The molecule has 80 heavy (non-hydrogen) atoms. The van der Waals surface area contributed by atoms with Crippen molar-refractivity contribution in [3.8, 4) is 0 Å². The number of imide groups is 1. The van der Waals surface area contributed by atoms with Crippen molar-refractivity contribution in [1.82, 2.24) is 54.6 Å². The van der Waals surface area contributed by atoms with E-state index in [0.717, 1.165) is 22.6 Å². The van der Waals surface area contributed by atoms with Crippen LogP contribution < -0.4 is 33.0 Å². The molecule has 4 saturated heterocycles. The second-order valence-corrected chi connectivity index (χ2v) is 25.2. The number of ether oxygens (including phenoxy) is 3. The molecule has 0 radical (unpaired) electrons. The Balaban J connectivity index is 0.823. The van der Waals surface area contributed by atoms with E-state index in [1.54, 1.807) is 38.1 Å². The van der Waals surface area contributed by atoms with Crippen molar-refractivity contribution >= 4 is 95.3 Å². The summed E-state index contributed by atoms with van der Waals surface area (Å²) in [6.45, 7) is -1.04. The number of fused-ring (bicyclic) bond motifs is 4. The van der Waals surface area contributed by atoms with Gasteiger partial charge in [0.25, 0.3) is 17.4 Å². The van der Waals surface area contributed by atoms with E-state index >= 15 is 4.57 Å². The molecule has 5 aromatic rings. The third-order valence-electron chi connectivity index (χ3n) is 13.9. The van der Waals surface area contributed by atoms with E-state index in [1.165, 1.54) is 40.9 Å². The number of benzene rings is 1. The minimum Gasteiger partial charge on any atom is -0.387 e. The number of amides is 5. The van der Waals surface area contributed by atoms with Gasteiger partial charge in [0.15, 0.2) is 35.1 Å². The smallest absolute Gasteiger partial charge is 0.387 e. The number of carbonyl (C=O) groups is 5. The highest BCUT2D eigenvalue weighted by atomic mass is 32.7. The van der Waals surface area contributed by atoms with Crippen LogP contribution in [0.15, 0.2) is 60.2 Å². The molecule has 0 saturated carbocycles. The SMILES string of the molecule is CC(C)[C@H](NC(=O)CCCCCN1C(=O)C=CC1=O)C(=O)N[C@@H](C)C(=O)Nc1ccc(CSP2(=O)OC[C@H]3O[C@@H](n4cnc5c(=O)[nH]c(N)nc54)[C@H](OP(=O)(O)OC[C@@]45CO[C@@H]([C@H](n6cnc7c(N)ncnc76)O4)[C@@H]5O2)[C@@H]3O)cc1. The van der Waals surface area contributed by atoms with Gasteiger partial charge in [-0.3, -0.25) is 65.9 Å². The summed E-state index contributed by atoms with van der Waals surface area (Å²) in [5.74, 6) is -2.85. The molecular weight excluding hydrogens is 1110 g/mol. The summed E-state index contributed by atoms with van der Waals surface area (Å²) in [5, 5.41) is 19.9. The van der Waals surface area contributed by atoms with Gasteiger partial charge in [0.2, 0.25) is 23.7 Å². The Morgan fingerprint density at radius 3 is 2.34 bits per heavy atom. The van der Waals surface area contributed by atoms with Gasteiger partial charge in [0.05, 0.1) is 32.5 Å². The molecular formula is C46H56N14O17P2S. The molecule has 4 bridgehead atoms. The lowest BCUT2D eigenvalue weighted by atomic mass is 10.0. The van der Waals surface area contributed by atoms with Crippen LogP contribution in [-0.4, -0.2) is 158 Å². The Morgan fingerprint density at radius 1 is 0.875 bits per heavy atom. The molecule has 428 valence electrons. The number of aliphatic hydroxyl groups is 1. The number of hydrogen-bond donors (Lipinski definition) is 8. The minimum atomic E-state index is -5.22. The number of rotatable bonds is 17. The number of aromatic amines is 1. The van der Waals surface area contributed by atoms with Gasteiger partial charge < -0.3 is 51.6 Å². The molecule has 0 spiro atoms. The maximum absolute atomic E-state index is 15.4. The lowest BCUT2D eigenvalue weighted by Gasteiger charge is -2.32. The second kappa shape index (κ2) is 22.8. The molecule has 4 fully saturated rings. The van der Waals surface area contributed by atoms with Crippen LogP contribution in [-0.2, 0) is 71.2 Å². The van der Waals surface area contributed by atoms with E-state index in [-0.39, 0.29) is 83.1 Å². The average Bonchev–Trinajstić information content (AvgIpc) is 4.34. The number of anilines is 3. The van der Waals surface area contributed by atoms with Crippen molar-refractivity contribution in [2.24, 2.45) is 5.92 Å². The van der Waals surface area contributed by atoms with E-state index in [4.69, 9.17) is 43.8 Å². The number of nitrogens with one attached hydrogen (secondary N) is 4. The highest BCUT2D eigenvalue weighted by Gasteiger charge is 2.66. The zero-order chi connectivity index (χ0) is 56.8. The van der Waals surface area contributed by atoms with Crippen molar-refractivity contribution in [2.45, 2.75) is 113 Å². The van der Waals surface area contributed by atoms with E-state index in [9.17, 15) is 43.3 Å². The first-order valence-electron chi connectivity index (χ1n) is 25.2. The van der Waals surface area contributed by atoms with Crippen LogP contribution in [0.1, 0.15) is 64.5 Å². The third-order valence-corrected chi connectivity index (χ3v) is 18.5. The summed E-state index contributed by atoms with van der Waals surface area (Å²) < 4.78 is 74.8. The number of phosphoric ester groups is 1. The lowest BCUT2D eigenvalue weighted by molar-refractivity contribution is -0.184. The quantitative estimate of drug-likeness (QED) is 0.0367. The monoisotopic (exact) mass is 1170 g/mol. The fraction of sp³-hybridized carbons (Fsp3) is 0.500. The maximum Gasteiger partial charge on any atom is 0.472 e. The maximum atomic E-state index is 15.4. The highest BCUT2D eigenvalue weighted by molar-refractivity contribution is 8.54. The summed E-state index contributed by atoms with van der Waals surface area (Å²) in [7, 11) is -5.22. The number of H-pyrrole nitrogens is 1.